The van der Waals surface area contributed by atoms with Crippen LogP contribution in [0.5, 0.6) is 0 Å². The zero-order valence-corrected chi connectivity index (χ0v) is 10.2. The van der Waals surface area contributed by atoms with E-state index in [-0.39, 0.29) is 5.41 Å². The number of hydrogen-bond acceptors (Lipinski definition) is 1. The maximum absolute atomic E-state index is 13.2. The molecule has 0 heterocycles. The van der Waals surface area contributed by atoms with E-state index in [1.54, 1.807) is 0 Å². The molecule has 94 valence electrons. The SMILES string of the molecule is CNCC1(Cc2cc(F)cc(F)c2)CCCC1. The highest BCUT2D eigenvalue weighted by molar-refractivity contribution is 5.20. The smallest absolute Gasteiger partial charge is 0.126 e. The summed E-state index contributed by atoms with van der Waals surface area (Å²) >= 11 is 0. The first kappa shape index (κ1) is 12.5. The molecule has 0 radical (unpaired) electrons. The van der Waals surface area contributed by atoms with Crippen molar-refractivity contribution >= 4 is 0 Å². The Bertz CT molecular complexity index is 364. The fraction of sp³-hybridized carbons (Fsp3) is 0.571. The first-order valence-corrected chi connectivity index (χ1v) is 6.23. The summed E-state index contributed by atoms with van der Waals surface area (Å²) in [4.78, 5) is 0. The summed E-state index contributed by atoms with van der Waals surface area (Å²) in [5.41, 5.74) is 0.967. The molecular formula is C14H19F2N. The van der Waals surface area contributed by atoms with Gasteiger partial charge in [-0.3, -0.25) is 0 Å². The van der Waals surface area contributed by atoms with Gasteiger partial charge in [-0.1, -0.05) is 12.8 Å². The van der Waals surface area contributed by atoms with E-state index < -0.39 is 11.6 Å². The monoisotopic (exact) mass is 239 g/mol. The van der Waals surface area contributed by atoms with Crippen LogP contribution in [-0.2, 0) is 6.42 Å². The molecule has 2 rings (SSSR count). The highest BCUT2D eigenvalue weighted by Gasteiger charge is 2.33. The van der Waals surface area contributed by atoms with Gasteiger partial charge in [0.05, 0.1) is 0 Å². The van der Waals surface area contributed by atoms with Crippen molar-refractivity contribution < 1.29 is 8.78 Å². The zero-order chi connectivity index (χ0) is 12.3. The topological polar surface area (TPSA) is 12.0 Å². The molecule has 0 atom stereocenters. The molecule has 1 fully saturated rings. The van der Waals surface area contributed by atoms with Crippen LogP contribution in [0.4, 0.5) is 8.78 Å². The molecule has 0 unspecified atom stereocenters. The van der Waals surface area contributed by atoms with Crippen LogP contribution in [0.2, 0.25) is 0 Å². The van der Waals surface area contributed by atoms with Crippen LogP contribution < -0.4 is 5.32 Å². The molecule has 0 spiro atoms. The average molecular weight is 239 g/mol. The molecule has 1 nitrogen and oxygen atoms in total. The number of nitrogens with one attached hydrogen (secondary N) is 1. The molecule has 0 aromatic heterocycles. The van der Waals surface area contributed by atoms with Gasteiger partial charge in [0, 0.05) is 12.6 Å². The Morgan fingerprint density at radius 3 is 2.24 bits per heavy atom. The van der Waals surface area contributed by atoms with Crippen LogP contribution in [-0.4, -0.2) is 13.6 Å². The van der Waals surface area contributed by atoms with Gasteiger partial charge in [-0.05, 0) is 49.4 Å². The van der Waals surface area contributed by atoms with Crippen molar-refractivity contribution in [2.24, 2.45) is 5.41 Å². The Morgan fingerprint density at radius 1 is 1.12 bits per heavy atom. The summed E-state index contributed by atoms with van der Waals surface area (Å²) in [6, 6.07) is 3.85. The molecule has 0 bridgehead atoms. The molecule has 1 aromatic rings. The molecule has 1 aliphatic rings. The third kappa shape index (κ3) is 3.03. The van der Waals surface area contributed by atoms with E-state index in [1.165, 1.54) is 25.0 Å². The number of benzene rings is 1. The molecule has 0 saturated heterocycles. The molecule has 1 aliphatic carbocycles. The van der Waals surface area contributed by atoms with E-state index in [1.807, 2.05) is 7.05 Å². The van der Waals surface area contributed by atoms with Gasteiger partial charge < -0.3 is 5.32 Å². The zero-order valence-electron chi connectivity index (χ0n) is 10.2. The maximum Gasteiger partial charge on any atom is 0.126 e. The van der Waals surface area contributed by atoms with E-state index in [4.69, 9.17) is 0 Å². The van der Waals surface area contributed by atoms with Gasteiger partial charge in [-0.25, -0.2) is 8.78 Å². The molecule has 1 N–H and O–H groups in total. The van der Waals surface area contributed by atoms with Crippen LogP contribution in [0.25, 0.3) is 0 Å². The van der Waals surface area contributed by atoms with Crippen molar-refractivity contribution in [3.05, 3.63) is 35.4 Å². The minimum atomic E-state index is -0.474. The first-order chi connectivity index (χ1) is 8.13. The van der Waals surface area contributed by atoms with Gasteiger partial charge in [0.25, 0.3) is 0 Å². The van der Waals surface area contributed by atoms with Gasteiger partial charge in [0.15, 0.2) is 0 Å². The summed E-state index contributed by atoms with van der Waals surface area (Å²) in [5.74, 6) is -0.949. The molecule has 0 amide bonds. The Kier molecular flexibility index (Phi) is 3.77. The van der Waals surface area contributed by atoms with Gasteiger partial charge in [-0.15, -0.1) is 0 Å². The third-order valence-electron chi connectivity index (χ3n) is 3.72. The molecule has 17 heavy (non-hydrogen) atoms. The lowest BCUT2D eigenvalue weighted by molar-refractivity contribution is 0.285. The summed E-state index contributed by atoms with van der Waals surface area (Å²) in [6.07, 6.45) is 5.50. The fourth-order valence-electron chi connectivity index (χ4n) is 3.06. The van der Waals surface area contributed by atoms with E-state index in [2.05, 4.69) is 5.32 Å². The highest BCUT2D eigenvalue weighted by atomic mass is 19.1. The molecule has 1 aromatic carbocycles. The number of halogens is 2. The summed E-state index contributed by atoms with van der Waals surface area (Å²) in [7, 11) is 1.94. The van der Waals surface area contributed by atoms with E-state index >= 15 is 0 Å². The predicted molar refractivity (Wildman–Crippen MR) is 64.9 cm³/mol. The van der Waals surface area contributed by atoms with E-state index in [0.717, 1.165) is 37.4 Å². The van der Waals surface area contributed by atoms with Gasteiger partial charge in [-0.2, -0.15) is 0 Å². The fourth-order valence-corrected chi connectivity index (χ4v) is 3.06. The Labute approximate surface area is 101 Å². The van der Waals surface area contributed by atoms with Crippen LogP contribution in [0, 0.1) is 17.0 Å². The minimum absolute atomic E-state index is 0.189. The van der Waals surface area contributed by atoms with Gasteiger partial charge in [0.2, 0.25) is 0 Å². The van der Waals surface area contributed by atoms with E-state index in [0.29, 0.717) is 0 Å². The Morgan fingerprint density at radius 2 is 1.71 bits per heavy atom. The van der Waals surface area contributed by atoms with Crippen molar-refractivity contribution in [2.45, 2.75) is 32.1 Å². The lowest BCUT2D eigenvalue weighted by Gasteiger charge is -2.29. The quantitative estimate of drug-likeness (QED) is 0.850. The summed E-state index contributed by atoms with van der Waals surface area (Å²) in [6.45, 7) is 0.922. The average Bonchev–Trinajstić information content (AvgIpc) is 2.65. The van der Waals surface area contributed by atoms with Crippen LogP contribution in [0.3, 0.4) is 0 Å². The second-order valence-electron chi connectivity index (χ2n) is 5.19. The third-order valence-corrected chi connectivity index (χ3v) is 3.72. The normalized spacial score (nSPS) is 18.5. The Hall–Kier alpha value is -0.960. The predicted octanol–water partition coefficient (Wildman–Crippen LogP) is 3.29. The number of hydrogen-bond donors (Lipinski definition) is 1. The second-order valence-corrected chi connectivity index (χ2v) is 5.19. The van der Waals surface area contributed by atoms with Crippen LogP contribution in [0.1, 0.15) is 31.2 Å². The standard InChI is InChI=1S/C14H19F2N/c1-17-10-14(4-2-3-5-14)9-11-6-12(15)8-13(16)7-11/h6-8,17H,2-5,9-10H2,1H3. The summed E-state index contributed by atoms with van der Waals surface area (Å²) < 4.78 is 26.3. The van der Waals surface area contributed by atoms with Gasteiger partial charge in [0.1, 0.15) is 11.6 Å². The van der Waals surface area contributed by atoms with Crippen LogP contribution in [0.15, 0.2) is 18.2 Å². The second kappa shape index (κ2) is 5.13. The number of rotatable bonds is 4. The Balaban J connectivity index is 2.17. The lowest BCUT2D eigenvalue weighted by Crippen LogP contribution is -2.32. The molecule has 3 heteroatoms. The van der Waals surface area contributed by atoms with Crippen molar-refractivity contribution in [1.82, 2.24) is 5.32 Å². The molecule has 1 saturated carbocycles. The molecule has 0 aliphatic heterocycles. The van der Waals surface area contributed by atoms with Crippen molar-refractivity contribution in [3.63, 3.8) is 0 Å². The van der Waals surface area contributed by atoms with Crippen molar-refractivity contribution in [1.29, 1.82) is 0 Å². The largest absolute Gasteiger partial charge is 0.319 e. The van der Waals surface area contributed by atoms with Crippen molar-refractivity contribution in [2.75, 3.05) is 13.6 Å². The van der Waals surface area contributed by atoms with Crippen molar-refractivity contribution in [3.8, 4) is 0 Å². The van der Waals surface area contributed by atoms with E-state index in [9.17, 15) is 8.78 Å². The molecular weight excluding hydrogens is 220 g/mol. The summed E-state index contributed by atoms with van der Waals surface area (Å²) in [5, 5.41) is 3.21. The van der Waals surface area contributed by atoms with Crippen LogP contribution >= 0.6 is 0 Å². The highest BCUT2D eigenvalue weighted by Crippen LogP contribution is 2.40. The minimum Gasteiger partial charge on any atom is -0.319 e. The first-order valence-electron chi connectivity index (χ1n) is 6.23. The lowest BCUT2D eigenvalue weighted by atomic mass is 9.80. The van der Waals surface area contributed by atoms with Gasteiger partial charge >= 0.3 is 0 Å². The maximum atomic E-state index is 13.2.